The summed E-state index contributed by atoms with van der Waals surface area (Å²) in [5.41, 5.74) is 1.42. The maximum atomic E-state index is 13.4. The standard InChI is InChI=1S/C24H26ClN3O3/c25-19-11-5-4-10-18(19)23(30)28-15-7-13-21(28)24(31)27-14-6-12-20(27)22(29)26-16-17-8-2-1-3-9-17/h1-5,8-11,20-21H,6-7,12-16H2,(H,26,29)/t20-,21+/m0/s1. The van der Waals surface area contributed by atoms with Crippen LogP contribution < -0.4 is 5.32 Å². The lowest BCUT2D eigenvalue weighted by molar-refractivity contribution is -0.141. The fourth-order valence-corrected chi connectivity index (χ4v) is 4.67. The molecule has 4 rings (SSSR count). The lowest BCUT2D eigenvalue weighted by Gasteiger charge is -2.31. The molecule has 31 heavy (non-hydrogen) atoms. The monoisotopic (exact) mass is 439 g/mol. The van der Waals surface area contributed by atoms with Gasteiger partial charge in [0, 0.05) is 19.6 Å². The minimum atomic E-state index is -0.550. The van der Waals surface area contributed by atoms with Crippen LogP contribution in [0.2, 0.25) is 5.02 Å². The molecule has 0 unspecified atom stereocenters. The van der Waals surface area contributed by atoms with Gasteiger partial charge in [0.25, 0.3) is 5.91 Å². The van der Waals surface area contributed by atoms with Gasteiger partial charge in [0.2, 0.25) is 11.8 Å². The Hall–Kier alpha value is -2.86. The molecule has 2 aliphatic heterocycles. The first-order valence-corrected chi connectivity index (χ1v) is 11.1. The van der Waals surface area contributed by atoms with Crippen molar-refractivity contribution in [2.75, 3.05) is 13.1 Å². The highest BCUT2D eigenvalue weighted by Crippen LogP contribution is 2.28. The number of nitrogens with one attached hydrogen (secondary N) is 1. The zero-order chi connectivity index (χ0) is 21.8. The summed E-state index contributed by atoms with van der Waals surface area (Å²) in [6.07, 6.45) is 2.77. The van der Waals surface area contributed by atoms with Gasteiger partial charge in [-0.2, -0.15) is 0 Å². The topological polar surface area (TPSA) is 69.7 Å². The third kappa shape index (κ3) is 4.59. The fourth-order valence-electron chi connectivity index (χ4n) is 4.45. The summed E-state index contributed by atoms with van der Waals surface area (Å²) in [4.78, 5) is 42.5. The van der Waals surface area contributed by atoms with E-state index in [0.717, 1.165) is 18.4 Å². The van der Waals surface area contributed by atoms with Gasteiger partial charge in [-0.25, -0.2) is 0 Å². The van der Waals surface area contributed by atoms with Gasteiger partial charge in [-0.15, -0.1) is 0 Å². The van der Waals surface area contributed by atoms with E-state index in [1.54, 1.807) is 34.1 Å². The number of likely N-dealkylation sites (tertiary alicyclic amines) is 2. The van der Waals surface area contributed by atoms with Crippen LogP contribution in [0.15, 0.2) is 54.6 Å². The first kappa shape index (κ1) is 21.4. The molecule has 2 heterocycles. The van der Waals surface area contributed by atoms with Crippen LogP contribution in [0.4, 0.5) is 0 Å². The van der Waals surface area contributed by atoms with Crippen molar-refractivity contribution in [2.24, 2.45) is 0 Å². The van der Waals surface area contributed by atoms with Gasteiger partial charge in [0.15, 0.2) is 0 Å². The van der Waals surface area contributed by atoms with Gasteiger partial charge >= 0.3 is 0 Å². The lowest BCUT2D eigenvalue weighted by atomic mass is 10.1. The summed E-state index contributed by atoms with van der Waals surface area (Å²) in [5.74, 6) is -0.516. The predicted octanol–water partition coefficient (Wildman–Crippen LogP) is 3.25. The minimum absolute atomic E-state index is 0.142. The Balaban J connectivity index is 1.44. The van der Waals surface area contributed by atoms with E-state index in [1.165, 1.54) is 0 Å². The number of hydrogen-bond acceptors (Lipinski definition) is 3. The zero-order valence-corrected chi connectivity index (χ0v) is 18.1. The van der Waals surface area contributed by atoms with E-state index in [-0.39, 0.29) is 17.7 Å². The van der Waals surface area contributed by atoms with Crippen LogP contribution in [-0.2, 0) is 16.1 Å². The highest BCUT2D eigenvalue weighted by molar-refractivity contribution is 6.33. The quantitative estimate of drug-likeness (QED) is 0.777. The summed E-state index contributed by atoms with van der Waals surface area (Å²) in [7, 11) is 0. The summed E-state index contributed by atoms with van der Waals surface area (Å²) in [6.45, 7) is 1.48. The first-order valence-electron chi connectivity index (χ1n) is 10.7. The van der Waals surface area contributed by atoms with E-state index in [1.807, 2.05) is 30.3 Å². The molecule has 0 radical (unpaired) electrons. The fraction of sp³-hybridized carbons (Fsp3) is 0.375. The Labute approximate surface area is 187 Å². The lowest BCUT2D eigenvalue weighted by Crippen LogP contribution is -2.52. The van der Waals surface area contributed by atoms with Crippen molar-refractivity contribution in [1.29, 1.82) is 0 Å². The molecule has 2 aliphatic rings. The van der Waals surface area contributed by atoms with E-state index < -0.39 is 12.1 Å². The molecule has 162 valence electrons. The molecular weight excluding hydrogens is 414 g/mol. The second kappa shape index (κ2) is 9.52. The maximum Gasteiger partial charge on any atom is 0.256 e. The van der Waals surface area contributed by atoms with Gasteiger partial charge in [-0.05, 0) is 43.4 Å². The summed E-state index contributed by atoms with van der Waals surface area (Å²) >= 11 is 6.21. The van der Waals surface area contributed by atoms with Crippen LogP contribution in [0.5, 0.6) is 0 Å². The number of nitrogens with zero attached hydrogens (tertiary/aromatic N) is 2. The highest BCUT2D eigenvalue weighted by Gasteiger charge is 2.42. The van der Waals surface area contributed by atoms with Crippen molar-refractivity contribution in [2.45, 2.75) is 44.3 Å². The third-order valence-electron chi connectivity index (χ3n) is 6.05. The molecule has 2 atom stereocenters. The third-order valence-corrected chi connectivity index (χ3v) is 6.38. The minimum Gasteiger partial charge on any atom is -0.350 e. The van der Waals surface area contributed by atoms with Crippen LogP contribution in [0.3, 0.4) is 0 Å². The van der Waals surface area contributed by atoms with Crippen LogP contribution in [0.25, 0.3) is 0 Å². The first-order chi connectivity index (χ1) is 15.1. The maximum absolute atomic E-state index is 13.4. The summed E-state index contributed by atoms with van der Waals surface area (Å²) in [5, 5.41) is 3.33. The Morgan fingerprint density at radius 2 is 1.52 bits per heavy atom. The average molecular weight is 440 g/mol. The molecule has 0 aliphatic carbocycles. The van der Waals surface area contributed by atoms with Gasteiger partial charge in [-0.1, -0.05) is 54.1 Å². The van der Waals surface area contributed by atoms with E-state index in [2.05, 4.69) is 5.32 Å². The summed E-state index contributed by atoms with van der Waals surface area (Å²) in [6, 6.07) is 15.5. The number of hydrogen-bond donors (Lipinski definition) is 1. The SMILES string of the molecule is O=C(NCc1ccccc1)[C@@H]1CCCN1C(=O)[C@H]1CCCN1C(=O)c1ccccc1Cl. The van der Waals surface area contributed by atoms with E-state index >= 15 is 0 Å². The number of benzene rings is 2. The Bertz CT molecular complexity index is 966. The van der Waals surface area contributed by atoms with E-state index in [9.17, 15) is 14.4 Å². The van der Waals surface area contributed by atoms with E-state index in [4.69, 9.17) is 11.6 Å². The number of carbonyl (C=O) groups excluding carboxylic acids is 3. The Morgan fingerprint density at radius 3 is 2.26 bits per heavy atom. The molecule has 6 nitrogen and oxygen atoms in total. The molecule has 0 aromatic heterocycles. The molecule has 1 N–H and O–H groups in total. The zero-order valence-electron chi connectivity index (χ0n) is 17.3. The van der Waals surface area contributed by atoms with Crippen molar-refractivity contribution in [3.8, 4) is 0 Å². The second-order valence-corrected chi connectivity index (χ2v) is 8.44. The molecule has 2 aromatic rings. The number of amides is 3. The Kier molecular flexibility index (Phi) is 6.56. The van der Waals surface area contributed by atoms with Crippen molar-refractivity contribution in [3.05, 3.63) is 70.7 Å². The van der Waals surface area contributed by atoms with Crippen LogP contribution in [0, 0.1) is 0 Å². The molecule has 2 aromatic carbocycles. The van der Waals surface area contributed by atoms with Gasteiger partial charge in [-0.3, -0.25) is 14.4 Å². The average Bonchev–Trinajstić information content (AvgIpc) is 3.47. The van der Waals surface area contributed by atoms with Gasteiger partial charge in [0.05, 0.1) is 10.6 Å². The predicted molar refractivity (Wildman–Crippen MR) is 119 cm³/mol. The molecule has 2 fully saturated rings. The molecule has 3 amide bonds. The van der Waals surface area contributed by atoms with Crippen molar-refractivity contribution < 1.29 is 14.4 Å². The van der Waals surface area contributed by atoms with Gasteiger partial charge in [0.1, 0.15) is 12.1 Å². The molecule has 0 bridgehead atoms. The van der Waals surface area contributed by atoms with E-state index in [0.29, 0.717) is 43.1 Å². The molecule has 2 saturated heterocycles. The number of halogens is 1. The van der Waals surface area contributed by atoms with Crippen molar-refractivity contribution >= 4 is 29.3 Å². The molecular formula is C24H26ClN3O3. The second-order valence-electron chi connectivity index (χ2n) is 8.03. The number of rotatable bonds is 5. The highest BCUT2D eigenvalue weighted by atomic mass is 35.5. The number of carbonyl (C=O) groups is 3. The largest absolute Gasteiger partial charge is 0.350 e. The molecule has 0 spiro atoms. The summed E-state index contributed by atoms with van der Waals surface area (Å²) < 4.78 is 0. The Morgan fingerprint density at radius 1 is 0.871 bits per heavy atom. The molecule has 7 heteroatoms. The van der Waals surface area contributed by atoms with Crippen molar-refractivity contribution in [1.82, 2.24) is 15.1 Å². The van der Waals surface area contributed by atoms with Gasteiger partial charge < -0.3 is 15.1 Å². The smallest absolute Gasteiger partial charge is 0.256 e. The van der Waals surface area contributed by atoms with Crippen LogP contribution in [-0.4, -0.2) is 52.7 Å². The van der Waals surface area contributed by atoms with Crippen LogP contribution >= 0.6 is 11.6 Å². The van der Waals surface area contributed by atoms with Crippen LogP contribution in [0.1, 0.15) is 41.6 Å². The molecule has 0 saturated carbocycles. The van der Waals surface area contributed by atoms with Crippen molar-refractivity contribution in [3.63, 3.8) is 0 Å². The normalized spacial score (nSPS) is 20.7.